The predicted octanol–water partition coefficient (Wildman–Crippen LogP) is 2.98. The third-order valence-electron chi connectivity index (χ3n) is 4.28. The summed E-state index contributed by atoms with van der Waals surface area (Å²) in [6.45, 7) is 0. The largest absolute Gasteiger partial charge is 0.497 e. The average molecular weight is 473 g/mol. The van der Waals surface area contributed by atoms with Gasteiger partial charge in [0.05, 0.1) is 23.4 Å². The highest BCUT2D eigenvalue weighted by molar-refractivity contribution is 6.38. The smallest absolute Gasteiger partial charge is 0.294 e. The van der Waals surface area contributed by atoms with Gasteiger partial charge in [-0.3, -0.25) is 4.79 Å². The van der Waals surface area contributed by atoms with Crippen LogP contribution < -0.4 is 15.9 Å². The van der Waals surface area contributed by atoms with Crippen LogP contribution in [0.4, 0.5) is 5.82 Å². The third kappa shape index (κ3) is 4.11. The van der Waals surface area contributed by atoms with Crippen LogP contribution in [0.15, 0.2) is 52.2 Å². The van der Waals surface area contributed by atoms with E-state index >= 15 is 0 Å². The summed E-state index contributed by atoms with van der Waals surface area (Å²) in [5, 5.41) is 19.9. The van der Waals surface area contributed by atoms with Gasteiger partial charge in [-0.2, -0.15) is 9.78 Å². The molecule has 1 amide bonds. The summed E-state index contributed by atoms with van der Waals surface area (Å²) in [6, 6.07) is 11.9. The number of ether oxygens (including phenoxy) is 1. The van der Waals surface area contributed by atoms with Crippen molar-refractivity contribution in [3.05, 3.63) is 63.8 Å². The lowest BCUT2D eigenvalue weighted by molar-refractivity contribution is 0.0950. The highest BCUT2D eigenvalue weighted by Crippen LogP contribution is 2.29. The van der Waals surface area contributed by atoms with Crippen LogP contribution in [0.25, 0.3) is 17.1 Å². The minimum Gasteiger partial charge on any atom is -0.497 e. The van der Waals surface area contributed by atoms with Crippen LogP contribution in [0.5, 0.6) is 5.75 Å². The van der Waals surface area contributed by atoms with Crippen molar-refractivity contribution in [3.63, 3.8) is 0 Å². The molecule has 0 aliphatic carbocycles. The Hall–Kier alpha value is -3.96. The predicted molar refractivity (Wildman–Crippen MR) is 117 cm³/mol. The Morgan fingerprint density at radius 2 is 1.97 bits per heavy atom. The topological polar surface area (TPSA) is 146 Å². The van der Waals surface area contributed by atoms with E-state index in [2.05, 4.69) is 35.8 Å². The fourth-order valence-corrected chi connectivity index (χ4v) is 3.29. The van der Waals surface area contributed by atoms with Crippen molar-refractivity contribution in [2.75, 3.05) is 12.8 Å². The fourth-order valence-electron chi connectivity index (χ4n) is 2.79. The number of hydrazone groups is 1. The van der Waals surface area contributed by atoms with Crippen LogP contribution >= 0.6 is 23.2 Å². The van der Waals surface area contributed by atoms with Crippen molar-refractivity contribution in [3.8, 4) is 22.8 Å². The first-order chi connectivity index (χ1) is 15.5. The summed E-state index contributed by atoms with van der Waals surface area (Å²) in [5.41, 5.74) is 9.42. The lowest BCUT2D eigenvalue weighted by atomic mass is 10.1. The van der Waals surface area contributed by atoms with E-state index < -0.39 is 5.91 Å². The zero-order valence-electron chi connectivity index (χ0n) is 16.4. The number of carbonyl (C=O) groups is 1. The zero-order chi connectivity index (χ0) is 22.7. The summed E-state index contributed by atoms with van der Waals surface area (Å²) in [7, 11) is 1.52. The standard InChI is InChI=1S/C19H14Cl2N8O3/c1-31-11-5-2-4-10(8-11)16-15(24-28-29(16)18-17(22)26-32-27-18)19(30)25-23-9-12-13(20)6-3-7-14(12)21/h2-9H,1H3,(H2,22,26)(H,25,30). The van der Waals surface area contributed by atoms with Crippen LogP contribution in [-0.4, -0.2) is 44.5 Å². The van der Waals surface area contributed by atoms with Gasteiger partial charge in [-0.25, -0.2) is 10.1 Å². The minimum absolute atomic E-state index is 0.0302. The summed E-state index contributed by atoms with van der Waals surface area (Å²) >= 11 is 12.2. The number of amides is 1. The van der Waals surface area contributed by atoms with Crippen LogP contribution in [0, 0.1) is 0 Å². The Morgan fingerprint density at radius 3 is 2.66 bits per heavy atom. The monoisotopic (exact) mass is 472 g/mol. The number of nitrogens with one attached hydrogen (secondary N) is 1. The number of rotatable bonds is 6. The Bertz CT molecular complexity index is 1300. The number of benzene rings is 2. The van der Waals surface area contributed by atoms with Gasteiger partial charge in [0.1, 0.15) is 11.4 Å². The maximum absolute atomic E-state index is 12.9. The van der Waals surface area contributed by atoms with Gasteiger partial charge < -0.3 is 10.5 Å². The lowest BCUT2D eigenvalue weighted by Crippen LogP contribution is -2.19. The van der Waals surface area contributed by atoms with Gasteiger partial charge in [-0.15, -0.1) is 5.10 Å². The second kappa shape index (κ2) is 9.04. The normalized spacial score (nSPS) is 11.1. The molecule has 0 radical (unpaired) electrons. The van der Waals surface area contributed by atoms with Crippen LogP contribution in [-0.2, 0) is 0 Å². The molecule has 0 aliphatic heterocycles. The van der Waals surface area contributed by atoms with Gasteiger partial charge >= 0.3 is 0 Å². The second-order valence-electron chi connectivity index (χ2n) is 6.24. The van der Waals surface area contributed by atoms with E-state index in [0.717, 1.165) is 0 Å². The number of methoxy groups -OCH3 is 1. The molecular weight excluding hydrogens is 459 g/mol. The average Bonchev–Trinajstić information content (AvgIpc) is 3.41. The van der Waals surface area contributed by atoms with E-state index in [1.165, 1.54) is 18.0 Å². The Kier molecular flexibility index (Phi) is 6.01. The SMILES string of the molecule is COc1cccc(-c2c(C(=O)NN=Cc3c(Cl)cccc3Cl)nnn2-c2nonc2N)c1. The number of carbonyl (C=O) groups excluding carboxylic acids is 1. The number of nitrogen functional groups attached to an aromatic ring is 1. The van der Waals surface area contributed by atoms with E-state index in [9.17, 15) is 4.79 Å². The first kappa shape index (κ1) is 21.3. The zero-order valence-corrected chi connectivity index (χ0v) is 17.9. The highest BCUT2D eigenvalue weighted by atomic mass is 35.5. The fraction of sp³-hybridized carbons (Fsp3) is 0.0526. The molecule has 0 spiro atoms. The molecule has 0 saturated heterocycles. The quantitative estimate of drug-likeness (QED) is 0.321. The number of anilines is 1. The molecule has 13 heteroatoms. The molecular formula is C19H14Cl2N8O3. The van der Waals surface area contributed by atoms with Crippen LogP contribution in [0.1, 0.15) is 16.1 Å². The lowest BCUT2D eigenvalue weighted by Gasteiger charge is -2.07. The number of aromatic nitrogens is 5. The van der Waals surface area contributed by atoms with Crippen molar-refractivity contribution in [2.24, 2.45) is 5.10 Å². The number of halogens is 2. The van der Waals surface area contributed by atoms with Gasteiger partial charge in [0.2, 0.25) is 11.6 Å². The molecule has 0 fully saturated rings. The minimum atomic E-state index is -0.650. The van der Waals surface area contributed by atoms with Gasteiger partial charge in [0.15, 0.2) is 5.69 Å². The summed E-state index contributed by atoms with van der Waals surface area (Å²) in [6.07, 6.45) is 1.33. The van der Waals surface area contributed by atoms with Crippen LogP contribution in [0.2, 0.25) is 10.0 Å². The van der Waals surface area contributed by atoms with E-state index in [0.29, 0.717) is 26.9 Å². The number of hydrogen-bond donors (Lipinski definition) is 2. The molecule has 0 aliphatic rings. The highest BCUT2D eigenvalue weighted by Gasteiger charge is 2.25. The maximum Gasteiger partial charge on any atom is 0.294 e. The molecule has 2 aromatic carbocycles. The summed E-state index contributed by atoms with van der Waals surface area (Å²) < 4.78 is 11.2. The summed E-state index contributed by atoms with van der Waals surface area (Å²) in [5.74, 6) is -0.0548. The maximum atomic E-state index is 12.9. The summed E-state index contributed by atoms with van der Waals surface area (Å²) in [4.78, 5) is 12.9. The number of nitrogens with two attached hydrogens (primary N) is 1. The molecule has 3 N–H and O–H groups in total. The van der Waals surface area contributed by atoms with E-state index in [-0.39, 0.29) is 23.0 Å². The molecule has 4 rings (SSSR count). The third-order valence-corrected chi connectivity index (χ3v) is 4.94. The molecule has 0 unspecified atom stereocenters. The molecule has 0 bridgehead atoms. The van der Waals surface area contributed by atoms with E-state index in [4.69, 9.17) is 33.7 Å². The van der Waals surface area contributed by atoms with Gasteiger partial charge in [0, 0.05) is 11.1 Å². The van der Waals surface area contributed by atoms with Crippen molar-refractivity contribution < 1.29 is 14.2 Å². The van der Waals surface area contributed by atoms with Crippen LogP contribution in [0.3, 0.4) is 0 Å². The molecule has 0 saturated carbocycles. The van der Waals surface area contributed by atoms with E-state index in [1.54, 1.807) is 42.5 Å². The molecule has 11 nitrogen and oxygen atoms in total. The first-order valence-corrected chi connectivity index (χ1v) is 9.71. The first-order valence-electron chi connectivity index (χ1n) is 8.95. The van der Waals surface area contributed by atoms with Crippen molar-refractivity contribution in [1.29, 1.82) is 0 Å². The Morgan fingerprint density at radius 1 is 1.22 bits per heavy atom. The number of nitrogens with zero attached hydrogens (tertiary/aromatic N) is 6. The second-order valence-corrected chi connectivity index (χ2v) is 7.05. The Balaban J connectivity index is 1.72. The number of hydrogen-bond acceptors (Lipinski definition) is 9. The van der Waals surface area contributed by atoms with Gasteiger partial charge in [0.25, 0.3) is 5.91 Å². The Labute approximate surface area is 190 Å². The molecule has 4 aromatic rings. The van der Waals surface area contributed by atoms with Gasteiger partial charge in [-0.1, -0.05) is 46.6 Å². The molecule has 32 heavy (non-hydrogen) atoms. The van der Waals surface area contributed by atoms with Crippen molar-refractivity contribution >= 4 is 41.1 Å². The van der Waals surface area contributed by atoms with Crippen molar-refractivity contribution in [1.82, 2.24) is 30.7 Å². The molecule has 0 atom stereocenters. The molecule has 2 heterocycles. The molecule has 162 valence electrons. The van der Waals surface area contributed by atoms with E-state index in [1.807, 2.05) is 0 Å². The van der Waals surface area contributed by atoms with Crippen molar-refractivity contribution in [2.45, 2.75) is 0 Å². The molecule has 2 aromatic heterocycles. The van der Waals surface area contributed by atoms with Gasteiger partial charge in [-0.05, 0) is 34.6 Å².